The summed E-state index contributed by atoms with van der Waals surface area (Å²) in [6.45, 7) is 1.04. The number of benzene rings is 1. The van der Waals surface area contributed by atoms with Crippen molar-refractivity contribution in [3.05, 3.63) is 35.9 Å². The van der Waals surface area contributed by atoms with Crippen LogP contribution in [0, 0.1) is 11.3 Å². The number of piperidine rings is 1. The molecular formula is C18H23NO. The molecular weight excluding hydrogens is 246 g/mol. The predicted octanol–water partition coefficient (Wildman–Crippen LogP) is 3.41. The van der Waals surface area contributed by atoms with Gasteiger partial charge in [0.05, 0.1) is 5.41 Å². The first-order valence-electron chi connectivity index (χ1n) is 8.12. The van der Waals surface area contributed by atoms with Gasteiger partial charge < -0.3 is 4.90 Å². The van der Waals surface area contributed by atoms with Crippen molar-refractivity contribution in [3.63, 3.8) is 0 Å². The van der Waals surface area contributed by atoms with Crippen LogP contribution in [-0.2, 0) is 11.2 Å². The molecule has 0 spiro atoms. The van der Waals surface area contributed by atoms with Crippen molar-refractivity contribution in [2.45, 2.75) is 51.0 Å². The van der Waals surface area contributed by atoms with E-state index in [9.17, 15) is 4.79 Å². The zero-order valence-corrected chi connectivity index (χ0v) is 12.1. The van der Waals surface area contributed by atoms with E-state index in [1.807, 2.05) is 0 Å². The normalized spacial score (nSPS) is 30.3. The summed E-state index contributed by atoms with van der Waals surface area (Å²) in [6.07, 6.45) is 8.22. The zero-order valence-electron chi connectivity index (χ0n) is 12.1. The molecule has 2 nitrogen and oxygen atoms in total. The number of nitrogens with zero attached hydrogens (tertiary/aromatic N) is 1. The highest BCUT2D eigenvalue weighted by atomic mass is 16.2. The SMILES string of the molecule is O=C(N1CC2CCC1C2)C1(Cc2ccccc2)CCC1. The molecule has 2 atom stereocenters. The van der Waals surface area contributed by atoms with Gasteiger partial charge in [-0.15, -0.1) is 0 Å². The molecule has 1 aliphatic heterocycles. The summed E-state index contributed by atoms with van der Waals surface area (Å²) < 4.78 is 0. The first-order valence-corrected chi connectivity index (χ1v) is 8.12. The van der Waals surface area contributed by atoms with Gasteiger partial charge in [0, 0.05) is 12.6 Å². The largest absolute Gasteiger partial charge is 0.339 e. The third kappa shape index (κ3) is 1.88. The maximum Gasteiger partial charge on any atom is 0.229 e. The molecule has 1 aromatic carbocycles. The second-order valence-electron chi connectivity index (χ2n) is 7.09. The number of fused-ring (bicyclic) bond motifs is 2. The Labute approximate surface area is 121 Å². The average molecular weight is 269 g/mol. The predicted molar refractivity (Wildman–Crippen MR) is 79.3 cm³/mol. The Hall–Kier alpha value is -1.31. The van der Waals surface area contributed by atoms with Crippen LogP contribution in [0.3, 0.4) is 0 Å². The number of carbonyl (C=O) groups excluding carboxylic acids is 1. The van der Waals surface area contributed by atoms with Crippen molar-refractivity contribution < 1.29 is 4.79 Å². The molecule has 2 aliphatic carbocycles. The van der Waals surface area contributed by atoms with E-state index in [0.29, 0.717) is 11.9 Å². The Balaban J connectivity index is 1.54. The van der Waals surface area contributed by atoms with Gasteiger partial charge in [0.2, 0.25) is 5.91 Å². The highest BCUT2D eigenvalue weighted by molar-refractivity contribution is 5.84. The smallest absolute Gasteiger partial charge is 0.229 e. The second kappa shape index (κ2) is 4.61. The van der Waals surface area contributed by atoms with E-state index < -0.39 is 0 Å². The van der Waals surface area contributed by atoms with Gasteiger partial charge in [0.15, 0.2) is 0 Å². The Kier molecular flexibility index (Phi) is 2.87. The number of rotatable bonds is 3. The van der Waals surface area contributed by atoms with Crippen molar-refractivity contribution >= 4 is 5.91 Å². The van der Waals surface area contributed by atoms with E-state index in [4.69, 9.17) is 0 Å². The maximum absolute atomic E-state index is 13.1. The molecule has 1 saturated heterocycles. The highest BCUT2D eigenvalue weighted by Gasteiger charge is 2.50. The van der Waals surface area contributed by atoms with Crippen LogP contribution in [0.5, 0.6) is 0 Å². The lowest BCUT2D eigenvalue weighted by Crippen LogP contribution is -2.51. The Morgan fingerprint density at radius 2 is 2.00 bits per heavy atom. The van der Waals surface area contributed by atoms with Gasteiger partial charge in [0.25, 0.3) is 0 Å². The fourth-order valence-corrected chi connectivity index (χ4v) is 4.53. The minimum atomic E-state index is -0.0637. The molecule has 0 aromatic heterocycles. The number of hydrogen-bond acceptors (Lipinski definition) is 1. The fraction of sp³-hybridized carbons (Fsp3) is 0.611. The molecule has 2 bridgehead atoms. The summed E-state index contributed by atoms with van der Waals surface area (Å²) in [5.74, 6) is 1.28. The van der Waals surface area contributed by atoms with Crippen molar-refractivity contribution in [3.8, 4) is 0 Å². The lowest BCUT2D eigenvalue weighted by Gasteiger charge is -2.45. The molecule has 2 heteroatoms. The summed E-state index contributed by atoms with van der Waals surface area (Å²) >= 11 is 0. The molecule has 1 aromatic rings. The van der Waals surface area contributed by atoms with Crippen LogP contribution in [0.4, 0.5) is 0 Å². The summed E-state index contributed by atoms with van der Waals surface area (Å²) in [5.41, 5.74) is 1.26. The van der Waals surface area contributed by atoms with E-state index >= 15 is 0 Å². The maximum atomic E-state index is 13.1. The van der Waals surface area contributed by atoms with Gasteiger partial charge in [-0.05, 0) is 50.0 Å². The van der Waals surface area contributed by atoms with E-state index in [1.165, 1.54) is 31.2 Å². The van der Waals surface area contributed by atoms with Gasteiger partial charge in [-0.3, -0.25) is 4.79 Å². The third-order valence-electron chi connectivity index (χ3n) is 5.82. The Morgan fingerprint density at radius 1 is 1.20 bits per heavy atom. The quantitative estimate of drug-likeness (QED) is 0.823. The molecule has 1 heterocycles. The molecule has 3 aliphatic rings. The molecule has 1 amide bonds. The molecule has 2 saturated carbocycles. The fourth-order valence-electron chi connectivity index (χ4n) is 4.53. The first kappa shape index (κ1) is 12.4. The van der Waals surface area contributed by atoms with Crippen LogP contribution in [0.1, 0.15) is 44.1 Å². The van der Waals surface area contributed by atoms with Gasteiger partial charge in [-0.2, -0.15) is 0 Å². The summed E-state index contributed by atoms with van der Waals surface area (Å²) in [7, 11) is 0. The van der Waals surface area contributed by atoms with Gasteiger partial charge in [0.1, 0.15) is 0 Å². The van der Waals surface area contributed by atoms with Crippen LogP contribution in [0.25, 0.3) is 0 Å². The van der Waals surface area contributed by atoms with Crippen molar-refractivity contribution in [1.29, 1.82) is 0 Å². The molecule has 106 valence electrons. The molecule has 20 heavy (non-hydrogen) atoms. The minimum absolute atomic E-state index is 0.0637. The molecule has 4 rings (SSSR count). The number of likely N-dealkylation sites (tertiary alicyclic amines) is 1. The number of hydrogen-bond donors (Lipinski definition) is 0. The van der Waals surface area contributed by atoms with Crippen LogP contribution < -0.4 is 0 Å². The zero-order chi connectivity index (χ0) is 13.6. The monoisotopic (exact) mass is 269 g/mol. The van der Waals surface area contributed by atoms with Crippen molar-refractivity contribution in [2.24, 2.45) is 11.3 Å². The van der Waals surface area contributed by atoms with Crippen LogP contribution in [0.15, 0.2) is 30.3 Å². The van der Waals surface area contributed by atoms with Crippen molar-refractivity contribution in [1.82, 2.24) is 4.90 Å². The van der Waals surface area contributed by atoms with E-state index in [1.54, 1.807) is 0 Å². The molecule has 3 fully saturated rings. The van der Waals surface area contributed by atoms with E-state index in [2.05, 4.69) is 35.2 Å². The van der Waals surface area contributed by atoms with E-state index in [0.717, 1.165) is 31.7 Å². The summed E-state index contributed by atoms with van der Waals surface area (Å²) in [4.78, 5) is 15.3. The van der Waals surface area contributed by atoms with Crippen molar-refractivity contribution in [2.75, 3.05) is 6.54 Å². The Morgan fingerprint density at radius 3 is 2.55 bits per heavy atom. The lowest BCUT2D eigenvalue weighted by atomic mass is 9.64. The average Bonchev–Trinajstić information content (AvgIpc) is 3.06. The van der Waals surface area contributed by atoms with Gasteiger partial charge in [-0.1, -0.05) is 36.8 Å². The van der Waals surface area contributed by atoms with Gasteiger partial charge >= 0.3 is 0 Å². The second-order valence-corrected chi connectivity index (χ2v) is 7.09. The summed E-state index contributed by atoms with van der Waals surface area (Å²) in [5, 5.41) is 0. The molecule has 2 unspecified atom stereocenters. The molecule has 0 radical (unpaired) electrons. The highest BCUT2D eigenvalue weighted by Crippen LogP contribution is 2.48. The molecule has 0 N–H and O–H groups in total. The summed E-state index contributed by atoms with van der Waals surface area (Å²) in [6, 6.07) is 11.1. The van der Waals surface area contributed by atoms with Crippen LogP contribution in [0.2, 0.25) is 0 Å². The number of amides is 1. The number of carbonyl (C=O) groups is 1. The topological polar surface area (TPSA) is 20.3 Å². The Bertz CT molecular complexity index is 505. The first-order chi connectivity index (χ1) is 9.77. The lowest BCUT2D eigenvalue weighted by molar-refractivity contribution is -0.149. The van der Waals surface area contributed by atoms with Crippen LogP contribution >= 0.6 is 0 Å². The van der Waals surface area contributed by atoms with Crippen LogP contribution in [-0.4, -0.2) is 23.4 Å². The standard InChI is InChI=1S/C18H23NO/c20-17(19-13-15-7-8-16(19)11-15)18(9-4-10-18)12-14-5-2-1-3-6-14/h1-3,5-6,15-16H,4,7-13H2. The minimum Gasteiger partial charge on any atom is -0.339 e. The third-order valence-corrected chi connectivity index (χ3v) is 5.82. The van der Waals surface area contributed by atoms with E-state index in [-0.39, 0.29) is 5.41 Å². The van der Waals surface area contributed by atoms with Gasteiger partial charge in [-0.25, -0.2) is 0 Å².